The van der Waals surface area contributed by atoms with Gasteiger partial charge in [-0.15, -0.1) is 0 Å². The molecule has 2 rings (SSSR count). The van der Waals surface area contributed by atoms with Crippen molar-refractivity contribution in [1.29, 1.82) is 0 Å². The molecule has 0 unspecified atom stereocenters. The van der Waals surface area contributed by atoms with E-state index in [2.05, 4.69) is 11.4 Å². The summed E-state index contributed by atoms with van der Waals surface area (Å²) in [5.41, 5.74) is 7.87. The second kappa shape index (κ2) is 6.40. The van der Waals surface area contributed by atoms with Crippen LogP contribution in [0.3, 0.4) is 0 Å². The van der Waals surface area contributed by atoms with Crippen LogP contribution in [0.15, 0.2) is 18.2 Å². The summed E-state index contributed by atoms with van der Waals surface area (Å²) in [7, 11) is 0. The van der Waals surface area contributed by atoms with Gasteiger partial charge in [0.15, 0.2) is 0 Å². The molecule has 1 amide bonds. The largest absolute Gasteiger partial charge is 0.412 e. The van der Waals surface area contributed by atoms with Crippen LogP contribution in [0, 0.1) is 0 Å². The van der Waals surface area contributed by atoms with Crippen molar-refractivity contribution in [2.45, 2.75) is 32.1 Å². The molecule has 0 fully saturated rings. The van der Waals surface area contributed by atoms with Crippen molar-refractivity contribution >= 4 is 6.09 Å². The standard InChI is InChI=1S/C14H20N2O2/c15-9-4-10-16-14(17)18-13-8-3-6-11-5-1-2-7-12(11)13/h3,6,8H,1-2,4-5,7,9-10,15H2,(H,16,17). The summed E-state index contributed by atoms with van der Waals surface area (Å²) in [4.78, 5) is 11.6. The van der Waals surface area contributed by atoms with Gasteiger partial charge in [-0.05, 0) is 55.8 Å². The van der Waals surface area contributed by atoms with Crippen molar-refractivity contribution in [3.05, 3.63) is 29.3 Å². The Kier molecular flexibility index (Phi) is 4.59. The Morgan fingerprint density at radius 3 is 3.00 bits per heavy atom. The molecule has 0 spiro atoms. The third-order valence-corrected chi connectivity index (χ3v) is 3.21. The lowest BCUT2D eigenvalue weighted by Gasteiger charge is -2.18. The normalized spacial score (nSPS) is 13.8. The van der Waals surface area contributed by atoms with E-state index in [0.29, 0.717) is 18.8 Å². The van der Waals surface area contributed by atoms with Gasteiger partial charge in [-0.1, -0.05) is 12.1 Å². The number of nitrogens with one attached hydrogen (secondary N) is 1. The lowest BCUT2D eigenvalue weighted by atomic mass is 9.91. The zero-order chi connectivity index (χ0) is 12.8. The molecule has 1 aliphatic rings. The van der Waals surface area contributed by atoms with E-state index >= 15 is 0 Å². The minimum atomic E-state index is -0.387. The fourth-order valence-electron chi connectivity index (χ4n) is 2.27. The Hall–Kier alpha value is -1.55. The van der Waals surface area contributed by atoms with Crippen LogP contribution in [-0.2, 0) is 12.8 Å². The molecule has 0 saturated carbocycles. The zero-order valence-corrected chi connectivity index (χ0v) is 10.6. The average Bonchev–Trinajstić information content (AvgIpc) is 2.39. The molecule has 0 atom stereocenters. The molecule has 4 heteroatoms. The summed E-state index contributed by atoms with van der Waals surface area (Å²) in [6.07, 6.45) is 4.86. The highest BCUT2D eigenvalue weighted by molar-refractivity contribution is 5.71. The average molecular weight is 248 g/mol. The first-order valence-electron chi connectivity index (χ1n) is 6.58. The fourth-order valence-corrected chi connectivity index (χ4v) is 2.27. The van der Waals surface area contributed by atoms with Crippen LogP contribution in [0.5, 0.6) is 5.75 Å². The van der Waals surface area contributed by atoms with Gasteiger partial charge in [0.25, 0.3) is 0 Å². The number of carbonyl (C=O) groups is 1. The number of fused-ring (bicyclic) bond motifs is 1. The summed E-state index contributed by atoms with van der Waals surface area (Å²) in [6, 6.07) is 5.94. The SMILES string of the molecule is NCCCNC(=O)Oc1cccc2c1CCCC2. The van der Waals surface area contributed by atoms with Gasteiger partial charge in [0.05, 0.1) is 0 Å². The molecule has 1 aromatic carbocycles. The van der Waals surface area contributed by atoms with E-state index in [-0.39, 0.29) is 6.09 Å². The number of nitrogens with two attached hydrogens (primary N) is 1. The number of carbonyl (C=O) groups excluding carboxylic acids is 1. The van der Waals surface area contributed by atoms with Crippen molar-refractivity contribution in [3.63, 3.8) is 0 Å². The molecule has 0 saturated heterocycles. The van der Waals surface area contributed by atoms with Crippen molar-refractivity contribution < 1.29 is 9.53 Å². The predicted molar refractivity (Wildman–Crippen MR) is 70.8 cm³/mol. The first kappa shape index (κ1) is 12.9. The lowest BCUT2D eigenvalue weighted by molar-refractivity contribution is 0.200. The van der Waals surface area contributed by atoms with Crippen LogP contribution >= 0.6 is 0 Å². The molecule has 4 nitrogen and oxygen atoms in total. The summed E-state index contributed by atoms with van der Waals surface area (Å²) >= 11 is 0. The van der Waals surface area contributed by atoms with Crippen molar-refractivity contribution in [1.82, 2.24) is 5.32 Å². The monoisotopic (exact) mass is 248 g/mol. The molecule has 0 radical (unpaired) electrons. The molecule has 3 N–H and O–H groups in total. The van der Waals surface area contributed by atoms with Gasteiger partial charge in [0.2, 0.25) is 0 Å². The number of rotatable bonds is 4. The fraction of sp³-hybridized carbons (Fsp3) is 0.500. The third-order valence-electron chi connectivity index (χ3n) is 3.21. The van der Waals surface area contributed by atoms with Crippen LogP contribution in [-0.4, -0.2) is 19.2 Å². The zero-order valence-electron chi connectivity index (χ0n) is 10.6. The summed E-state index contributed by atoms with van der Waals surface area (Å²) in [5, 5.41) is 2.70. The van der Waals surface area contributed by atoms with Crippen molar-refractivity contribution in [2.24, 2.45) is 5.73 Å². The Bertz CT molecular complexity index is 418. The van der Waals surface area contributed by atoms with Gasteiger partial charge >= 0.3 is 6.09 Å². The molecule has 0 heterocycles. The van der Waals surface area contributed by atoms with E-state index in [1.807, 2.05) is 12.1 Å². The predicted octanol–water partition coefficient (Wildman–Crippen LogP) is 2.00. The summed E-state index contributed by atoms with van der Waals surface area (Å²) in [5.74, 6) is 0.706. The maximum Gasteiger partial charge on any atom is 0.412 e. The van der Waals surface area contributed by atoms with Crippen LogP contribution < -0.4 is 15.8 Å². The smallest absolute Gasteiger partial charge is 0.410 e. The highest BCUT2D eigenvalue weighted by atomic mass is 16.6. The van der Waals surface area contributed by atoms with Gasteiger partial charge in [0.1, 0.15) is 5.75 Å². The molecule has 0 aliphatic heterocycles. The minimum Gasteiger partial charge on any atom is -0.410 e. The second-order valence-electron chi connectivity index (χ2n) is 4.56. The molecule has 18 heavy (non-hydrogen) atoms. The van der Waals surface area contributed by atoms with Crippen LogP contribution in [0.2, 0.25) is 0 Å². The number of aryl methyl sites for hydroxylation is 1. The maximum atomic E-state index is 11.6. The van der Waals surface area contributed by atoms with Crippen molar-refractivity contribution in [3.8, 4) is 5.75 Å². The molecule has 1 aliphatic carbocycles. The molecule has 98 valence electrons. The van der Waals surface area contributed by atoms with Crippen LogP contribution in [0.1, 0.15) is 30.4 Å². The number of hydrogen-bond acceptors (Lipinski definition) is 3. The van der Waals surface area contributed by atoms with E-state index in [0.717, 1.165) is 19.3 Å². The number of amides is 1. The van der Waals surface area contributed by atoms with Gasteiger partial charge in [-0.3, -0.25) is 0 Å². The van der Waals surface area contributed by atoms with E-state index in [1.54, 1.807) is 0 Å². The van der Waals surface area contributed by atoms with E-state index < -0.39 is 0 Å². The Morgan fingerprint density at radius 2 is 2.17 bits per heavy atom. The minimum absolute atomic E-state index is 0.387. The van der Waals surface area contributed by atoms with Gasteiger partial charge < -0.3 is 15.8 Å². The Morgan fingerprint density at radius 1 is 1.33 bits per heavy atom. The Labute approximate surface area is 108 Å². The van der Waals surface area contributed by atoms with E-state index in [9.17, 15) is 4.79 Å². The maximum absolute atomic E-state index is 11.6. The van der Waals surface area contributed by atoms with Gasteiger partial charge in [0, 0.05) is 6.54 Å². The molecule has 0 aromatic heterocycles. The Balaban J connectivity index is 1.98. The first-order valence-corrected chi connectivity index (χ1v) is 6.58. The molecular formula is C14H20N2O2. The van der Waals surface area contributed by atoms with Crippen LogP contribution in [0.4, 0.5) is 4.79 Å². The molecule has 0 bridgehead atoms. The van der Waals surface area contributed by atoms with Crippen LogP contribution in [0.25, 0.3) is 0 Å². The number of hydrogen-bond donors (Lipinski definition) is 2. The molecule has 1 aromatic rings. The van der Waals surface area contributed by atoms with E-state index in [4.69, 9.17) is 10.5 Å². The summed E-state index contributed by atoms with van der Waals surface area (Å²) in [6.45, 7) is 1.13. The number of benzene rings is 1. The van der Waals surface area contributed by atoms with E-state index in [1.165, 1.54) is 24.0 Å². The van der Waals surface area contributed by atoms with Gasteiger partial charge in [-0.25, -0.2) is 4.79 Å². The molecular weight excluding hydrogens is 228 g/mol. The lowest BCUT2D eigenvalue weighted by Crippen LogP contribution is -2.29. The third kappa shape index (κ3) is 3.23. The first-order chi connectivity index (χ1) is 8.81. The number of ether oxygens (including phenoxy) is 1. The van der Waals surface area contributed by atoms with Gasteiger partial charge in [-0.2, -0.15) is 0 Å². The highest BCUT2D eigenvalue weighted by Crippen LogP contribution is 2.29. The summed E-state index contributed by atoms with van der Waals surface area (Å²) < 4.78 is 5.37. The quantitative estimate of drug-likeness (QED) is 0.801. The van der Waals surface area contributed by atoms with Crippen molar-refractivity contribution in [2.75, 3.05) is 13.1 Å². The highest BCUT2D eigenvalue weighted by Gasteiger charge is 2.15. The topological polar surface area (TPSA) is 64.3 Å². The second-order valence-corrected chi connectivity index (χ2v) is 4.56.